The maximum Gasteiger partial charge on any atom is 0.228 e. The van der Waals surface area contributed by atoms with Gasteiger partial charge < -0.3 is 15.1 Å². The molecule has 1 aliphatic heterocycles. The fourth-order valence-corrected chi connectivity index (χ4v) is 3.61. The number of carbonyl (C=O) groups is 1. The van der Waals surface area contributed by atoms with Crippen LogP contribution in [0.3, 0.4) is 0 Å². The van der Waals surface area contributed by atoms with E-state index in [0.717, 1.165) is 32.1 Å². The van der Waals surface area contributed by atoms with E-state index in [1.54, 1.807) is 4.90 Å². The van der Waals surface area contributed by atoms with Crippen molar-refractivity contribution in [2.75, 3.05) is 13.1 Å². The Labute approximate surface area is 109 Å². The molecular formula is C14H25NO3. The van der Waals surface area contributed by atoms with Crippen LogP contribution >= 0.6 is 0 Å². The van der Waals surface area contributed by atoms with Crippen LogP contribution < -0.4 is 0 Å². The van der Waals surface area contributed by atoms with Crippen LogP contribution in [0.1, 0.15) is 46.0 Å². The second kappa shape index (κ2) is 5.17. The predicted molar refractivity (Wildman–Crippen MR) is 68.9 cm³/mol. The first-order valence-corrected chi connectivity index (χ1v) is 7.10. The van der Waals surface area contributed by atoms with Crippen molar-refractivity contribution in [1.82, 2.24) is 4.90 Å². The van der Waals surface area contributed by atoms with Gasteiger partial charge in [-0.15, -0.1) is 0 Å². The van der Waals surface area contributed by atoms with Gasteiger partial charge in [0.25, 0.3) is 0 Å². The summed E-state index contributed by atoms with van der Waals surface area (Å²) in [4.78, 5) is 14.4. The van der Waals surface area contributed by atoms with Crippen molar-refractivity contribution in [3.63, 3.8) is 0 Å². The lowest BCUT2D eigenvalue weighted by atomic mass is 9.77. The molecule has 4 nitrogen and oxygen atoms in total. The van der Waals surface area contributed by atoms with Crippen LogP contribution in [0.15, 0.2) is 0 Å². The number of amides is 1. The van der Waals surface area contributed by atoms with Gasteiger partial charge in [0.05, 0.1) is 12.2 Å². The van der Waals surface area contributed by atoms with Crippen molar-refractivity contribution in [3.8, 4) is 0 Å². The Bertz CT molecular complexity index is 300. The Kier molecular flexibility index (Phi) is 3.97. The first-order chi connectivity index (χ1) is 8.44. The third-order valence-corrected chi connectivity index (χ3v) is 4.36. The lowest BCUT2D eigenvalue weighted by Crippen LogP contribution is -2.42. The third kappa shape index (κ3) is 2.54. The molecule has 2 rings (SSSR count). The number of aliphatic hydroxyl groups excluding tert-OH is 2. The zero-order valence-corrected chi connectivity index (χ0v) is 11.4. The second-order valence-corrected chi connectivity index (χ2v) is 6.43. The molecule has 1 heterocycles. The average Bonchev–Trinajstić information content (AvgIpc) is 2.86. The normalized spacial score (nSPS) is 31.3. The predicted octanol–water partition coefficient (Wildman–Crippen LogP) is 1.16. The number of hydrogen-bond donors (Lipinski definition) is 2. The SMILES string of the molecule is CC(C)CC1(C(=O)N2C[C@@H](O)[C@@H](O)C2)CCCC1. The largest absolute Gasteiger partial charge is 0.388 e. The van der Waals surface area contributed by atoms with Crippen LogP contribution in [0.2, 0.25) is 0 Å². The van der Waals surface area contributed by atoms with Gasteiger partial charge in [-0.05, 0) is 25.2 Å². The van der Waals surface area contributed by atoms with E-state index in [4.69, 9.17) is 0 Å². The van der Waals surface area contributed by atoms with E-state index < -0.39 is 12.2 Å². The fourth-order valence-electron chi connectivity index (χ4n) is 3.61. The summed E-state index contributed by atoms with van der Waals surface area (Å²) in [6.45, 7) is 4.89. The third-order valence-electron chi connectivity index (χ3n) is 4.36. The molecule has 2 atom stereocenters. The summed E-state index contributed by atoms with van der Waals surface area (Å²) in [7, 11) is 0. The molecule has 4 heteroatoms. The van der Waals surface area contributed by atoms with Crippen LogP contribution in [0.5, 0.6) is 0 Å². The van der Waals surface area contributed by atoms with Gasteiger partial charge in [-0.2, -0.15) is 0 Å². The number of β-amino-alcohol motifs (C(OH)–C–C–N with tert-alkyl or cyclic N) is 2. The zero-order chi connectivity index (χ0) is 13.3. The number of nitrogens with zero attached hydrogens (tertiary/aromatic N) is 1. The molecule has 0 aromatic carbocycles. The highest BCUT2D eigenvalue weighted by Crippen LogP contribution is 2.45. The van der Waals surface area contributed by atoms with Crippen molar-refractivity contribution >= 4 is 5.91 Å². The van der Waals surface area contributed by atoms with Crippen LogP contribution in [-0.2, 0) is 4.79 Å². The number of rotatable bonds is 3. The van der Waals surface area contributed by atoms with Crippen molar-refractivity contribution in [2.45, 2.75) is 58.2 Å². The van der Waals surface area contributed by atoms with Crippen molar-refractivity contribution in [1.29, 1.82) is 0 Å². The highest BCUT2D eigenvalue weighted by Gasteiger charge is 2.46. The Balaban J connectivity index is 2.09. The number of aliphatic hydroxyl groups is 2. The lowest BCUT2D eigenvalue weighted by molar-refractivity contribution is -0.142. The molecule has 1 aliphatic carbocycles. The molecular weight excluding hydrogens is 230 g/mol. The molecule has 0 unspecified atom stereocenters. The standard InChI is InChI=1S/C14H25NO3/c1-10(2)7-14(5-3-4-6-14)13(18)15-8-11(16)12(17)9-15/h10-12,16-17H,3-9H2,1-2H3/t11-,12+. The van der Waals surface area contributed by atoms with E-state index >= 15 is 0 Å². The number of hydrogen-bond acceptors (Lipinski definition) is 3. The molecule has 0 radical (unpaired) electrons. The summed E-state index contributed by atoms with van der Waals surface area (Å²) in [5.41, 5.74) is -0.224. The van der Waals surface area contributed by atoms with Gasteiger partial charge in [0.15, 0.2) is 0 Å². The Morgan fingerprint density at radius 3 is 2.17 bits per heavy atom. The average molecular weight is 255 g/mol. The molecule has 1 saturated heterocycles. The number of likely N-dealkylation sites (tertiary alicyclic amines) is 1. The van der Waals surface area contributed by atoms with Crippen LogP contribution in [0.4, 0.5) is 0 Å². The smallest absolute Gasteiger partial charge is 0.228 e. The summed E-state index contributed by atoms with van der Waals surface area (Å²) in [6, 6.07) is 0. The summed E-state index contributed by atoms with van der Waals surface area (Å²) < 4.78 is 0. The van der Waals surface area contributed by atoms with Gasteiger partial charge in [0.1, 0.15) is 0 Å². The van der Waals surface area contributed by atoms with Crippen molar-refractivity contribution < 1.29 is 15.0 Å². The number of carbonyl (C=O) groups excluding carboxylic acids is 1. The molecule has 18 heavy (non-hydrogen) atoms. The van der Waals surface area contributed by atoms with Gasteiger partial charge in [-0.25, -0.2) is 0 Å². The Morgan fingerprint density at radius 2 is 1.72 bits per heavy atom. The molecule has 104 valence electrons. The monoisotopic (exact) mass is 255 g/mol. The van der Waals surface area contributed by atoms with E-state index in [1.165, 1.54) is 0 Å². The van der Waals surface area contributed by atoms with E-state index in [1.807, 2.05) is 0 Å². The summed E-state index contributed by atoms with van der Waals surface area (Å²) >= 11 is 0. The van der Waals surface area contributed by atoms with Crippen LogP contribution in [-0.4, -0.2) is 46.3 Å². The summed E-state index contributed by atoms with van der Waals surface area (Å²) in [5.74, 6) is 0.661. The molecule has 0 bridgehead atoms. The van der Waals surface area contributed by atoms with E-state index in [9.17, 15) is 15.0 Å². The van der Waals surface area contributed by atoms with Gasteiger partial charge in [-0.1, -0.05) is 26.7 Å². The van der Waals surface area contributed by atoms with E-state index in [0.29, 0.717) is 19.0 Å². The first-order valence-electron chi connectivity index (χ1n) is 7.10. The topological polar surface area (TPSA) is 60.8 Å². The first kappa shape index (κ1) is 13.8. The van der Waals surface area contributed by atoms with E-state index in [2.05, 4.69) is 13.8 Å². The van der Waals surface area contributed by atoms with Gasteiger partial charge in [0, 0.05) is 18.5 Å². The van der Waals surface area contributed by atoms with Gasteiger partial charge in [0.2, 0.25) is 5.91 Å². The van der Waals surface area contributed by atoms with Crippen LogP contribution in [0, 0.1) is 11.3 Å². The molecule has 0 aromatic rings. The molecule has 1 saturated carbocycles. The summed E-state index contributed by atoms with van der Waals surface area (Å²) in [6.07, 6.45) is 3.56. The second-order valence-electron chi connectivity index (χ2n) is 6.43. The molecule has 0 aromatic heterocycles. The maximum absolute atomic E-state index is 12.7. The van der Waals surface area contributed by atoms with Crippen molar-refractivity contribution in [3.05, 3.63) is 0 Å². The minimum Gasteiger partial charge on any atom is -0.388 e. The molecule has 2 fully saturated rings. The van der Waals surface area contributed by atoms with Gasteiger partial charge in [-0.3, -0.25) is 4.79 Å². The zero-order valence-electron chi connectivity index (χ0n) is 11.4. The molecule has 0 spiro atoms. The summed E-state index contributed by atoms with van der Waals surface area (Å²) in [5, 5.41) is 19.2. The molecule has 2 N–H and O–H groups in total. The Hall–Kier alpha value is -0.610. The van der Waals surface area contributed by atoms with Gasteiger partial charge >= 0.3 is 0 Å². The molecule has 2 aliphatic rings. The quantitative estimate of drug-likeness (QED) is 0.795. The Morgan fingerprint density at radius 1 is 1.22 bits per heavy atom. The molecule has 1 amide bonds. The van der Waals surface area contributed by atoms with E-state index in [-0.39, 0.29) is 11.3 Å². The lowest BCUT2D eigenvalue weighted by Gasteiger charge is -2.33. The minimum absolute atomic E-state index is 0.157. The fraction of sp³-hybridized carbons (Fsp3) is 0.929. The van der Waals surface area contributed by atoms with Crippen molar-refractivity contribution in [2.24, 2.45) is 11.3 Å². The minimum atomic E-state index is -0.772. The highest BCUT2D eigenvalue weighted by molar-refractivity contribution is 5.83. The van der Waals surface area contributed by atoms with Crippen LogP contribution in [0.25, 0.3) is 0 Å². The maximum atomic E-state index is 12.7. The highest BCUT2D eigenvalue weighted by atomic mass is 16.3.